The first-order valence-electron chi connectivity index (χ1n) is 8.79. The zero-order valence-electron chi connectivity index (χ0n) is 16.8. The highest BCUT2D eigenvalue weighted by Gasteiger charge is 2.26. The molecule has 0 amide bonds. The van der Waals surface area contributed by atoms with Gasteiger partial charge in [-0.25, -0.2) is 15.0 Å². The number of ether oxygens (including phenoxy) is 2. The molecule has 27 heavy (non-hydrogen) atoms. The predicted molar refractivity (Wildman–Crippen MR) is 125 cm³/mol. The van der Waals surface area contributed by atoms with Crippen LogP contribution in [0.25, 0.3) is 22.2 Å². The number of hydrogen-bond acceptors (Lipinski definition) is 5. The van der Waals surface area contributed by atoms with Gasteiger partial charge in [0, 0.05) is 23.0 Å². The van der Waals surface area contributed by atoms with Crippen molar-refractivity contribution < 1.29 is 9.47 Å². The van der Waals surface area contributed by atoms with E-state index in [9.17, 15) is 0 Å². The Labute approximate surface area is 169 Å². The van der Waals surface area contributed by atoms with Crippen molar-refractivity contribution in [2.45, 2.75) is 10.6 Å². The van der Waals surface area contributed by atoms with E-state index in [1.165, 1.54) is 6.33 Å². The summed E-state index contributed by atoms with van der Waals surface area (Å²) in [5.41, 5.74) is 2.52. The highest BCUT2D eigenvalue weighted by atomic mass is 35.5. The molecule has 0 aromatic carbocycles. The lowest BCUT2D eigenvalue weighted by molar-refractivity contribution is 0.287. The molecule has 0 radical (unpaired) electrons. The molecule has 0 spiro atoms. The van der Waals surface area contributed by atoms with Crippen molar-refractivity contribution in [2.75, 3.05) is 0 Å². The lowest BCUT2D eigenvalue weighted by atomic mass is 9.52. The minimum Gasteiger partial charge on any atom is -0.498 e. The third-order valence-corrected chi connectivity index (χ3v) is 3.94. The molecule has 0 atom stereocenters. The van der Waals surface area contributed by atoms with E-state index in [0.29, 0.717) is 22.5 Å². The fourth-order valence-corrected chi connectivity index (χ4v) is 2.92. The number of nitrogens with zero attached hydrogens (tertiary/aromatic N) is 4. The van der Waals surface area contributed by atoms with Crippen molar-refractivity contribution in [2.24, 2.45) is 7.05 Å². The second-order valence-corrected chi connectivity index (χ2v) is 8.83. The highest BCUT2D eigenvalue weighted by molar-refractivity contribution is 6.58. The van der Waals surface area contributed by atoms with Gasteiger partial charge in [-0.05, 0) is 12.1 Å². The zero-order valence-corrected chi connectivity index (χ0v) is 17.5. The third kappa shape index (κ3) is 4.49. The van der Waals surface area contributed by atoms with Crippen LogP contribution in [0.4, 0.5) is 0 Å². The van der Waals surface area contributed by atoms with Crippen molar-refractivity contribution >= 4 is 69.6 Å². The molecule has 0 saturated heterocycles. The lowest BCUT2D eigenvalue weighted by Crippen LogP contribution is -2.39. The molecule has 3 rings (SSSR count). The monoisotopic (exact) mass is 376 g/mol. The smallest absolute Gasteiger partial charge is 0.228 e. The van der Waals surface area contributed by atoms with E-state index in [1.807, 2.05) is 70.8 Å². The first-order chi connectivity index (χ1) is 12.4. The Morgan fingerprint density at radius 1 is 0.926 bits per heavy atom. The molecule has 0 aliphatic heterocycles. The number of pyridine rings is 1. The lowest BCUT2D eigenvalue weighted by Gasteiger charge is -2.26. The molecule has 0 aliphatic carbocycles. The largest absolute Gasteiger partial charge is 0.498 e. The van der Waals surface area contributed by atoms with Gasteiger partial charge in [0.1, 0.15) is 64.1 Å². The van der Waals surface area contributed by atoms with Crippen LogP contribution in [0.1, 0.15) is 0 Å². The van der Waals surface area contributed by atoms with E-state index in [0.717, 1.165) is 16.6 Å². The SMILES string of the molecule is BC(B)(B)Oc1ncnc(OC(B)(B)B)c1-c1cc2cc(Cl)ncc2n1C. The molecule has 0 bridgehead atoms. The summed E-state index contributed by atoms with van der Waals surface area (Å²) in [4.78, 5) is 13.0. The molecule has 13 heteroatoms. The third-order valence-electron chi connectivity index (χ3n) is 3.74. The topological polar surface area (TPSA) is 62.1 Å². The van der Waals surface area contributed by atoms with E-state index in [1.54, 1.807) is 6.20 Å². The van der Waals surface area contributed by atoms with Crippen LogP contribution in [0, 0.1) is 0 Å². The molecule has 0 aliphatic rings. The van der Waals surface area contributed by atoms with E-state index >= 15 is 0 Å². The number of aryl methyl sites for hydroxylation is 1. The predicted octanol–water partition coefficient (Wildman–Crippen LogP) is -3.54. The second kappa shape index (κ2) is 6.89. The quantitative estimate of drug-likeness (QED) is 0.342. The Bertz CT molecular complexity index is 967. The summed E-state index contributed by atoms with van der Waals surface area (Å²) in [6.45, 7) is 0. The highest BCUT2D eigenvalue weighted by Crippen LogP contribution is 2.39. The van der Waals surface area contributed by atoms with Crippen LogP contribution in [-0.4, -0.2) is 77.2 Å². The fourth-order valence-electron chi connectivity index (χ4n) is 2.75. The van der Waals surface area contributed by atoms with Gasteiger partial charge in [-0.1, -0.05) is 11.6 Å². The summed E-state index contributed by atoms with van der Waals surface area (Å²) in [5, 5.41) is 0.579. The van der Waals surface area contributed by atoms with Crippen molar-refractivity contribution in [3.8, 4) is 23.0 Å². The summed E-state index contributed by atoms with van der Waals surface area (Å²) >= 11 is 6.07. The van der Waals surface area contributed by atoms with E-state index < -0.39 is 10.6 Å². The van der Waals surface area contributed by atoms with Gasteiger partial charge in [0.05, 0.1) is 17.4 Å². The Morgan fingerprint density at radius 3 is 2.00 bits per heavy atom. The molecule has 3 heterocycles. The molecule has 0 N–H and O–H groups in total. The van der Waals surface area contributed by atoms with Crippen molar-refractivity contribution in [1.82, 2.24) is 19.5 Å². The molecule has 3 aromatic heterocycles. The number of fused-ring (bicyclic) bond motifs is 1. The van der Waals surface area contributed by atoms with Gasteiger partial charge in [0.15, 0.2) is 0 Å². The van der Waals surface area contributed by atoms with Gasteiger partial charge in [-0.2, -0.15) is 0 Å². The number of halogens is 1. The van der Waals surface area contributed by atoms with E-state index in [2.05, 4.69) is 15.0 Å². The molecule has 6 nitrogen and oxygen atoms in total. The summed E-state index contributed by atoms with van der Waals surface area (Å²) in [6, 6.07) is 3.85. The average Bonchev–Trinajstić information content (AvgIpc) is 2.80. The standard InChI is InChI=1S/C14H19B6ClN4O2/c1-25-7(2-6-3-9(21)22-4-8(6)25)10-11(26-13(15,16)17)23-5-24-12(10)27-14(18,19)20/h2-5H,15-20H2,1H3. The summed E-state index contributed by atoms with van der Waals surface area (Å²) in [6.07, 6.45) is 3.21. The summed E-state index contributed by atoms with van der Waals surface area (Å²) in [5.74, 6) is 0.948. The van der Waals surface area contributed by atoms with Crippen LogP contribution >= 0.6 is 11.6 Å². The average molecular weight is 376 g/mol. The van der Waals surface area contributed by atoms with Crippen LogP contribution < -0.4 is 9.47 Å². The van der Waals surface area contributed by atoms with Gasteiger partial charge in [-0.15, -0.1) is 0 Å². The summed E-state index contributed by atoms with van der Waals surface area (Å²) < 4.78 is 14.3. The van der Waals surface area contributed by atoms with Gasteiger partial charge in [0.2, 0.25) is 11.8 Å². The Balaban J connectivity index is 2.27. The first-order valence-corrected chi connectivity index (χ1v) is 9.17. The van der Waals surface area contributed by atoms with Crippen LogP contribution in [0.3, 0.4) is 0 Å². The molecule has 0 unspecified atom stereocenters. The first kappa shape index (κ1) is 19.8. The Morgan fingerprint density at radius 2 is 1.48 bits per heavy atom. The van der Waals surface area contributed by atoms with E-state index in [-0.39, 0.29) is 0 Å². The zero-order chi connectivity index (χ0) is 20.0. The van der Waals surface area contributed by atoms with Gasteiger partial charge < -0.3 is 14.0 Å². The van der Waals surface area contributed by atoms with Crippen molar-refractivity contribution in [3.63, 3.8) is 0 Å². The minimum absolute atomic E-state index is 0.419. The van der Waals surface area contributed by atoms with Crippen molar-refractivity contribution in [3.05, 3.63) is 29.8 Å². The molecular formula is C14H19B6ClN4O2. The van der Waals surface area contributed by atoms with Crippen LogP contribution in [0.15, 0.2) is 24.7 Å². The van der Waals surface area contributed by atoms with Crippen molar-refractivity contribution in [1.29, 1.82) is 0 Å². The van der Waals surface area contributed by atoms with Crippen LogP contribution in [-0.2, 0) is 7.05 Å². The Kier molecular flexibility index (Phi) is 5.06. The molecule has 0 saturated carbocycles. The van der Waals surface area contributed by atoms with Gasteiger partial charge >= 0.3 is 0 Å². The van der Waals surface area contributed by atoms with Crippen LogP contribution in [0.5, 0.6) is 11.8 Å². The number of hydrogen-bond donors (Lipinski definition) is 0. The minimum atomic E-state index is -0.419. The molecule has 0 fully saturated rings. The number of aromatic nitrogens is 4. The normalized spacial score (nSPS) is 12.2. The molecule has 132 valence electrons. The van der Waals surface area contributed by atoms with Crippen LogP contribution in [0.2, 0.25) is 5.15 Å². The molecule has 3 aromatic rings. The fraction of sp³-hybridized carbons (Fsp3) is 0.214. The second-order valence-electron chi connectivity index (χ2n) is 8.44. The maximum Gasteiger partial charge on any atom is 0.228 e. The van der Waals surface area contributed by atoms with Gasteiger partial charge in [-0.3, -0.25) is 0 Å². The maximum absolute atomic E-state index is 6.13. The Hall–Kier alpha value is -1.95. The molecular weight excluding hydrogens is 357 g/mol. The van der Waals surface area contributed by atoms with Gasteiger partial charge in [0.25, 0.3) is 0 Å². The maximum atomic E-state index is 6.13. The summed E-state index contributed by atoms with van der Waals surface area (Å²) in [7, 11) is 13.8. The number of rotatable bonds is 5. The van der Waals surface area contributed by atoms with E-state index in [4.69, 9.17) is 21.1 Å².